The molecular formula is C11H15N3. The summed E-state index contributed by atoms with van der Waals surface area (Å²) in [5.41, 5.74) is 6.64. The first-order valence-corrected chi connectivity index (χ1v) is 4.68. The Morgan fingerprint density at radius 2 is 2.43 bits per heavy atom. The van der Waals surface area contributed by atoms with E-state index in [2.05, 4.69) is 22.7 Å². The Kier molecular flexibility index (Phi) is 3.81. The highest BCUT2D eigenvalue weighted by Gasteiger charge is 2.03. The Hall–Kier alpha value is -1.69. The average Bonchev–Trinajstić information content (AvgIpc) is 2.17. The summed E-state index contributed by atoms with van der Waals surface area (Å²) >= 11 is 0. The number of nitrogens with zero attached hydrogens (tertiary/aromatic N) is 2. The number of pyridine rings is 1. The number of anilines is 2. The Labute approximate surface area is 84.9 Å². The van der Waals surface area contributed by atoms with Crippen molar-refractivity contribution < 1.29 is 0 Å². The summed E-state index contributed by atoms with van der Waals surface area (Å²) in [7, 11) is 0. The third kappa shape index (κ3) is 2.67. The predicted molar refractivity (Wildman–Crippen MR) is 60.0 cm³/mol. The van der Waals surface area contributed by atoms with E-state index >= 15 is 0 Å². The molecule has 0 spiro atoms. The van der Waals surface area contributed by atoms with Gasteiger partial charge in [-0.05, 0) is 12.5 Å². The topological polar surface area (TPSA) is 42.2 Å². The molecule has 0 fully saturated rings. The molecule has 0 bridgehead atoms. The van der Waals surface area contributed by atoms with Crippen LogP contribution in [0.15, 0.2) is 18.3 Å². The van der Waals surface area contributed by atoms with Crippen molar-refractivity contribution in [2.45, 2.75) is 13.3 Å². The molecule has 0 radical (unpaired) electrons. The molecule has 2 N–H and O–H groups in total. The molecule has 0 saturated carbocycles. The van der Waals surface area contributed by atoms with Crippen molar-refractivity contribution in [3.63, 3.8) is 0 Å². The number of nitrogen functional groups attached to an aromatic ring is 1. The van der Waals surface area contributed by atoms with E-state index in [0.717, 1.165) is 18.7 Å². The lowest BCUT2D eigenvalue weighted by atomic mass is 10.3. The minimum atomic E-state index is 0.528. The highest BCUT2D eigenvalue weighted by molar-refractivity contribution is 5.52. The number of aromatic nitrogens is 1. The van der Waals surface area contributed by atoms with Crippen LogP contribution in [0, 0.1) is 12.3 Å². The fourth-order valence-electron chi connectivity index (χ4n) is 1.31. The highest BCUT2D eigenvalue weighted by atomic mass is 15.1. The molecular weight excluding hydrogens is 174 g/mol. The third-order valence-corrected chi connectivity index (χ3v) is 1.91. The first kappa shape index (κ1) is 10.4. The van der Waals surface area contributed by atoms with E-state index in [9.17, 15) is 0 Å². The first-order valence-electron chi connectivity index (χ1n) is 4.68. The average molecular weight is 189 g/mol. The van der Waals surface area contributed by atoms with Crippen LogP contribution in [-0.2, 0) is 0 Å². The largest absolute Gasteiger partial charge is 0.384 e. The van der Waals surface area contributed by atoms with Gasteiger partial charge in [-0.15, -0.1) is 6.42 Å². The van der Waals surface area contributed by atoms with Gasteiger partial charge in [0.2, 0.25) is 0 Å². The van der Waals surface area contributed by atoms with E-state index in [1.54, 1.807) is 6.20 Å². The van der Waals surface area contributed by atoms with Crippen LogP contribution in [0.4, 0.5) is 11.5 Å². The zero-order valence-electron chi connectivity index (χ0n) is 8.40. The lowest BCUT2D eigenvalue weighted by Crippen LogP contribution is -2.24. The molecule has 3 nitrogen and oxygen atoms in total. The van der Waals surface area contributed by atoms with Gasteiger partial charge in [0.25, 0.3) is 0 Å². The SMILES string of the molecule is C#CCN(CCC)c1ccnc(N)c1. The van der Waals surface area contributed by atoms with Gasteiger partial charge in [-0.25, -0.2) is 4.98 Å². The van der Waals surface area contributed by atoms with E-state index in [0.29, 0.717) is 12.4 Å². The van der Waals surface area contributed by atoms with Crippen molar-refractivity contribution in [1.29, 1.82) is 0 Å². The first-order chi connectivity index (χ1) is 6.77. The van der Waals surface area contributed by atoms with E-state index in [-0.39, 0.29) is 0 Å². The summed E-state index contributed by atoms with van der Waals surface area (Å²) in [5, 5.41) is 0. The molecule has 0 aliphatic heterocycles. The monoisotopic (exact) mass is 189 g/mol. The van der Waals surface area contributed by atoms with Crippen LogP contribution in [0.2, 0.25) is 0 Å². The summed E-state index contributed by atoms with van der Waals surface area (Å²) in [6, 6.07) is 3.76. The van der Waals surface area contributed by atoms with Gasteiger partial charge in [0.05, 0.1) is 6.54 Å². The van der Waals surface area contributed by atoms with E-state index in [1.165, 1.54) is 0 Å². The summed E-state index contributed by atoms with van der Waals surface area (Å²) in [5.74, 6) is 3.16. The minimum absolute atomic E-state index is 0.528. The summed E-state index contributed by atoms with van der Waals surface area (Å²) < 4.78 is 0. The lowest BCUT2D eigenvalue weighted by Gasteiger charge is -2.21. The van der Waals surface area contributed by atoms with Crippen LogP contribution < -0.4 is 10.6 Å². The molecule has 0 saturated heterocycles. The third-order valence-electron chi connectivity index (χ3n) is 1.91. The van der Waals surface area contributed by atoms with Crippen LogP contribution in [0.1, 0.15) is 13.3 Å². The maximum atomic E-state index is 5.60. The Morgan fingerprint density at radius 3 is 3.00 bits per heavy atom. The fraction of sp³-hybridized carbons (Fsp3) is 0.364. The van der Waals surface area contributed by atoms with Crippen molar-refractivity contribution in [1.82, 2.24) is 4.98 Å². The molecule has 74 valence electrons. The molecule has 0 aliphatic carbocycles. The Balaban J connectivity index is 2.82. The van der Waals surface area contributed by atoms with Crippen molar-refractivity contribution in [3.8, 4) is 12.3 Å². The molecule has 14 heavy (non-hydrogen) atoms. The molecule has 1 rings (SSSR count). The maximum absolute atomic E-state index is 5.60. The molecule has 0 aromatic carbocycles. The lowest BCUT2D eigenvalue weighted by molar-refractivity contribution is 0.822. The van der Waals surface area contributed by atoms with Gasteiger partial charge in [0.1, 0.15) is 5.82 Å². The molecule has 0 unspecified atom stereocenters. The second-order valence-electron chi connectivity index (χ2n) is 3.06. The summed E-state index contributed by atoms with van der Waals surface area (Å²) in [4.78, 5) is 6.05. The second-order valence-corrected chi connectivity index (χ2v) is 3.06. The molecule has 1 aromatic heterocycles. The number of hydrogen-bond acceptors (Lipinski definition) is 3. The van der Waals surface area contributed by atoms with E-state index < -0.39 is 0 Å². The fourth-order valence-corrected chi connectivity index (χ4v) is 1.31. The second kappa shape index (κ2) is 5.13. The zero-order valence-corrected chi connectivity index (χ0v) is 8.40. The normalized spacial score (nSPS) is 9.43. The van der Waals surface area contributed by atoms with Crippen molar-refractivity contribution >= 4 is 11.5 Å². The van der Waals surface area contributed by atoms with Gasteiger partial charge in [-0.2, -0.15) is 0 Å². The number of rotatable bonds is 4. The van der Waals surface area contributed by atoms with Crippen molar-refractivity contribution in [2.75, 3.05) is 23.7 Å². The zero-order chi connectivity index (χ0) is 10.4. The molecule has 0 atom stereocenters. The van der Waals surface area contributed by atoms with Gasteiger partial charge >= 0.3 is 0 Å². The van der Waals surface area contributed by atoms with Crippen LogP contribution in [0.25, 0.3) is 0 Å². The van der Waals surface area contributed by atoms with E-state index in [1.807, 2.05) is 12.1 Å². The summed E-state index contributed by atoms with van der Waals surface area (Å²) in [6.45, 7) is 3.67. The van der Waals surface area contributed by atoms with Gasteiger partial charge in [-0.1, -0.05) is 12.8 Å². The number of terminal acetylenes is 1. The maximum Gasteiger partial charge on any atom is 0.125 e. The van der Waals surface area contributed by atoms with Crippen LogP contribution in [0.5, 0.6) is 0 Å². The Morgan fingerprint density at radius 1 is 1.64 bits per heavy atom. The minimum Gasteiger partial charge on any atom is -0.384 e. The van der Waals surface area contributed by atoms with Gasteiger partial charge in [0.15, 0.2) is 0 Å². The molecule has 0 amide bonds. The molecule has 3 heteroatoms. The van der Waals surface area contributed by atoms with Crippen molar-refractivity contribution in [3.05, 3.63) is 18.3 Å². The molecule has 1 heterocycles. The molecule has 0 aliphatic rings. The number of nitrogens with two attached hydrogens (primary N) is 1. The predicted octanol–water partition coefficient (Wildman–Crippen LogP) is 1.51. The van der Waals surface area contributed by atoms with Crippen LogP contribution >= 0.6 is 0 Å². The van der Waals surface area contributed by atoms with E-state index in [4.69, 9.17) is 12.2 Å². The number of hydrogen-bond donors (Lipinski definition) is 1. The smallest absolute Gasteiger partial charge is 0.125 e. The van der Waals surface area contributed by atoms with Gasteiger partial charge < -0.3 is 10.6 Å². The highest BCUT2D eigenvalue weighted by Crippen LogP contribution is 2.15. The molecule has 1 aromatic rings. The van der Waals surface area contributed by atoms with Crippen molar-refractivity contribution in [2.24, 2.45) is 0 Å². The van der Waals surface area contributed by atoms with Gasteiger partial charge in [-0.3, -0.25) is 0 Å². The van der Waals surface area contributed by atoms with Crippen LogP contribution in [0.3, 0.4) is 0 Å². The summed E-state index contributed by atoms with van der Waals surface area (Å²) in [6.07, 6.45) is 8.05. The van der Waals surface area contributed by atoms with Gasteiger partial charge in [0, 0.05) is 24.5 Å². The standard InChI is InChI=1S/C11H15N3/c1-3-7-14(8-4-2)10-5-6-13-11(12)9-10/h1,5-6,9H,4,7-8H2,2H3,(H2,12,13). The van der Waals surface area contributed by atoms with Crippen LogP contribution in [-0.4, -0.2) is 18.1 Å². The Bertz CT molecular complexity index is 328. The quantitative estimate of drug-likeness (QED) is 0.730.